The van der Waals surface area contributed by atoms with E-state index in [4.69, 9.17) is 14.2 Å². The molecule has 0 heterocycles. The zero-order valence-electron chi connectivity index (χ0n) is 34.8. The van der Waals surface area contributed by atoms with Crippen LogP contribution in [-0.4, -0.2) is 37.9 Å². The number of unbranched alkanes of at least 4 members (excludes halogenated alkanes) is 24. The van der Waals surface area contributed by atoms with E-state index in [2.05, 4.69) is 57.2 Å². The van der Waals surface area contributed by atoms with Gasteiger partial charge in [-0.05, 0) is 70.6 Å². The fourth-order valence-electron chi connectivity index (χ4n) is 6.25. The molecule has 0 aromatic rings. The molecule has 0 radical (unpaired) electrons. The van der Waals surface area contributed by atoms with E-state index in [0.29, 0.717) is 19.4 Å². The minimum Gasteiger partial charge on any atom is -0.462 e. The molecule has 0 aromatic heterocycles. The maximum absolute atomic E-state index is 12.6. The fourth-order valence-corrected chi connectivity index (χ4v) is 6.25. The van der Waals surface area contributed by atoms with Crippen molar-refractivity contribution in [2.24, 2.45) is 0 Å². The SMILES string of the molecule is CCC/C=C\C/C=C\CCCCCCCC(=O)OCC(COCCCCCCCC/C=C\CCCCCCCC)OC(=O)CCCCCCCCC. The molecule has 5 heteroatoms. The highest BCUT2D eigenvalue weighted by Crippen LogP contribution is 2.13. The standard InChI is InChI=1S/C47H86O5/c1-4-7-10-13-16-18-20-22-23-24-26-28-30-33-36-39-42-50-43-45(52-47(49)41-38-35-31-15-12-9-6-3)44-51-46(48)40-37-34-32-29-27-25-21-19-17-14-11-8-5-2/h11,14,19,21-23,45H,4-10,12-13,15-18,20,24-44H2,1-3H3/b14-11-,21-19-,23-22-. The van der Waals surface area contributed by atoms with Gasteiger partial charge in [-0.1, -0.05) is 179 Å². The quantitative estimate of drug-likeness (QED) is 0.0356. The van der Waals surface area contributed by atoms with Crippen LogP contribution in [0, 0.1) is 0 Å². The molecule has 0 aliphatic carbocycles. The van der Waals surface area contributed by atoms with Crippen molar-refractivity contribution in [3.05, 3.63) is 36.5 Å². The maximum atomic E-state index is 12.6. The van der Waals surface area contributed by atoms with E-state index in [1.54, 1.807) is 0 Å². The highest BCUT2D eigenvalue weighted by molar-refractivity contribution is 5.70. The van der Waals surface area contributed by atoms with E-state index in [1.807, 2.05) is 0 Å². The molecule has 0 aliphatic heterocycles. The Kier molecular flexibility index (Phi) is 42.0. The average Bonchev–Trinajstić information content (AvgIpc) is 3.14. The van der Waals surface area contributed by atoms with Crippen LogP contribution in [0.4, 0.5) is 0 Å². The topological polar surface area (TPSA) is 61.8 Å². The molecule has 0 amide bonds. The van der Waals surface area contributed by atoms with Crippen LogP contribution in [-0.2, 0) is 23.8 Å². The molecule has 0 N–H and O–H groups in total. The number of rotatable bonds is 41. The monoisotopic (exact) mass is 731 g/mol. The Morgan fingerprint density at radius 2 is 0.846 bits per heavy atom. The van der Waals surface area contributed by atoms with E-state index >= 15 is 0 Å². The molecule has 52 heavy (non-hydrogen) atoms. The second kappa shape index (κ2) is 43.5. The Morgan fingerprint density at radius 3 is 1.37 bits per heavy atom. The van der Waals surface area contributed by atoms with Crippen molar-refractivity contribution in [3.8, 4) is 0 Å². The summed E-state index contributed by atoms with van der Waals surface area (Å²) in [5, 5.41) is 0. The van der Waals surface area contributed by atoms with Crippen molar-refractivity contribution >= 4 is 11.9 Å². The van der Waals surface area contributed by atoms with E-state index in [1.165, 1.54) is 135 Å². The third-order valence-electron chi connectivity index (χ3n) is 9.63. The summed E-state index contributed by atoms with van der Waals surface area (Å²) in [6.45, 7) is 7.71. The van der Waals surface area contributed by atoms with E-state index in [0.717, 1.165) is 57.8 Å². The van der Waals surface area contributed by atoms with E-state index in [9.17, 15) is 9.59 Å². The van der Waals surface area contributed by atoms with Crippen LogP contribution in [0.1, 0.15) is 226 Å². The molecular formula is C47H86O5. The second-order valence-electron chi connectivity index (χ2n) is 15.0. The summed E-state index contributed by atoms with van der Waals surface area (Å²) < 4.78 is 17.2. The first kappa shape index (κ1) is 50.1. The first-order chi connectivity index (χ1) is 25.6. The molecule has 1 unspecified atom stereocenters. The summed E-state index contributed by atoms with van der Waals surface area (Å²) in [4.78, 5) is 25.1. The zero-order valence-corrected chi connectivity index (χ0v) is 34.8. The van der Waals surface area contributed by atoms with Gasteiger partial charge in [-0.25, -0.2) is 0 Å². The third-order valence-corrected chi connectivity index (χ3v) is 9.63. The molecular weight excluding hydrogens is 645 g/mol. The highest BCUT2D eigenvalue weighted by Gasteiger charge is 2.17. The molecule has 1 atom stereocenters. The Hall–Kier alpha value is -1.88. The van der Waals surface area contributed by atoms with Gasteiger partial charge in [-0.2, -0.15) is 0 Å². The number of ether oxygens (including phenoxy) is 3. The first-order valence-corrected chi connectivity index (χ1v) is 22.5. The molecule has 0 aliphatic rings. The van der Waals surface area contributed by atoms with Gasteiger partial charge in [0.15, 0.2) is 6.10 Å². The van der Waals surface area contributed by atoms with Crippen LogP contribution < -0.4 is 0 Å². The molecule has 0 bridgehead atoms. The van der Waals surface area contributed by atoms with Crippen LogP contribution in [0.5, 0.6) is 0 Å². The Bertz CT molecular complexity index is 832. The molecule has 0 aromatic carbocycles. The fraction of sp³-hybridized carbons (Fsp3) is 0.830. The Balaban J connectivity index is 4.16. The van der Waals surface area contributed by atoms with E-state index < -0.39 is 6.10 Å². The normalized spacial score (nSPS) is 12.4. The lowest BCUT2D eigenvalue weighted by molar-refractivity contribution is -0.163. The van der Waals surface area contributed by atoms with E-state index in [-0.39, 0.29) is 25.2 Å². The molecule has 0 spiro atoms. The molecule has 0 saturated carbocycles. The lowest BCUT2D eigenvalue weighted by Gasteiger charge is -2.18. The summed E-state index contributed by atoms with van der Waals surface area (Å²) in [6.07, 6.45) is 50.1. The van der Waals surface area contributed by atoms with Crippen molar-refractivity contribution in [3.63, 3.8) is 0 Å². The zero-order chi connectivity index (χ0) is 37.8. The lowest BCUT2D eigenvalue weighted by atomic mass is 10.1. The minimum atomic E-state index is -0.537. The predicted octanol–water partition coefficient (Wildman–Crippen LogP) is 14.7. The van der Waals surface area contributed by atoms with Gasteiger partial charge < -0.3 is 14.2 Å². The van der Waals surface area contributed by atoms with Crippen molar-refractivity contribution in [2.75, 3.05) is 19.8 Å². The Labute approximate surface area is 323 Å². The van der Waals surface area contributed by atoms with Gasteiger partial charge >= 0.3 is 11.9 Å². The van der Waals surface area contributed by atoms with Crippen LogP contribution in [0.25, 0.3) is 0 Å². The van der Waals surface area contributed by atoms with Crippen LogP contribution in [0.2, 0.25) is 0 Å². The van der Waals surface area contributed by atoms with Gasteiger partial charge in [-0.3, -0.25) is 9.59 Å². The molecule has 5 nitrogen and oxygen atoms in total. The van der Waals surface area contributed by atoms with Crippen LogP contribution in [0.15, 0.2) is 36.5 Å². The maximum Gasteiger partial charge on any atom is 0.306 e. The largest absolute Gasteiger partial charge is 0.462 e. The third kappa shape index (κ3) is 40.9. The minimum absolute atomic E-state index is 0.0783. The second-order valence-corrected chi connectivity index (χ2v) is 15.0. The van der Waals surface area contributed by atoms with Gasteiger partial charge in [0, 0.05) is 19.4 Å². The van der Waals surface area contributed by atoms with Gasteiger partial charge in [0.25, 0.3) is 0 Å². The molecule has 304 valence electrons. The van der Waals surface area contributed by atoms with Crippen molar-refractivity contribution in [2.45, 2.75) is 232 Å². The number of allylic oxidation sites excluding steroid dienone is 6. The molecule has 0 rings (SSSR count). The van der Waals surface area contributed by atoms with Crippen LogP contribution >= 0.6 is 0 Å². The van der Waals surface area contributed by atoms with Gasteiger partial charge in [0.05, 0.1) is 6.61 Å². The summed E-state index contributed by atoms with van der Waals surface area (Å²) in [7, 11) is 0. The number of carbonyl (C=O) groups excluding carboxylic acids is 2. The molecule has 0 saturated heterocycles. The van der Waals surface area contributed by atoms with Gasteiger partial charge in [-0.15, -0.1) is 0 Å². The lowest BCUT2D eigenvalue weighted by Crippen LogP contribution is -2.30. The Morgan fingerprint density at radius 1 is 0.423 bits per heavy atom. The number of esters is 2. The van der Waals surface area contributed by atoms with Gasteiger partial charge in [0.2, 0.25) is 0 Å². The smallest absolute Gasteiger partial charge is 0.306 e. The van der Waals surface area contributed by atoms with Crippen molar-refractivity contribution in [1.29, 1.82) is 0 Å². The highest BCUT2D eigenvalue weighted by atomic mass is 16.6. The first-order valence-electron chi connectivity index (χ1n) is 22.5. The summed E-state index contributed by atoms with van der Waals surface area (Å²) in [5.41, 5.74) is 0. The van der Waals surface area contributed by atoms with Crippen LogP contribution in [0.3, 0.4) is 0 Å². The molecule has 0 fully saturated rings. The summed E-state index contributed by atoms with van der Waals surface area (Å²) in [6, 6.07) is 0. The van der Waals surface area contributed by atoms with Gasteiger partial charge in [0.1, 0.15) is 6.61 Å². The van der Waals surface area contributed by atoms with Crippen molar-refractivity contribution < 1.29 is 23.8 Å². The number of hydrogen-bond acceptors (Lipinski definition) is 5. The number of carbonyl (C=O) groups is 2. The number of hydrogen-bond donors (Lipinski definition) is 0. The average molecular weight is 731 g/mol. The summed E-state index contributed by atoms with van der Waals surface area (Å²) >= 11 is 0. The van der Waals surface area contributed by atoms with Crippen molar-refractivity contribution in [1.82, 2.24) is 0 Å². The summed E-state index contributed by atoms with van der Waals surface area (Å²) in [5.74, 6) is -0.418. The predicted molar refractivity (Wildman–Crippen MR) is 224 cm³/mol.